The van der Waals surface area contributed by atoms with Crippen LogP contribution in [0.3, 0.4) is 0 Å². The molecule has 1 aliphatic rings. The number of nitrogens with zero attached hydrogens (tertiary/aromatic N) is 3. The van der Waals surface area contributed by atoms with Crippen molar-refractivity contribution in [1.82, 2.24) is 20.0 Å². The fourth-order valence-electron chi connectivity index (χ4n) is 3.65. The summed E-state index contributed by atoms with van der Waals surface area (Å²) < 4.78 is 1.65. The summed E-state index contributed by atoms with van der Waals surface area (Å²) in [5.41, 5.74) is 2.45. The van der Waals surface area contributed by atoms with E-state index >= 15 is 0 Å². The van der Waals surface area contributed by atoms with Crippen LogP contribution in [-0.4, -0.2) is 40.6 Å². The molecule has 0 radical (unpaired) electrons. The van der Waals surface area contributed by atoms with Crippen LogP contribution in [0.25, 0.3) is 0 Å². The highest BCUT2D eigenvalue weighted by atomic mass is 16.2. The van der Waals surface area contributed by atoms with Gasteiger partial charge in [-0.25, -0.2) is 0 Å². The highest BCUT2D eigenvalue weighted by molar-refractivity contribution is 5.93. The lowest BCUT2D eigenvalue weighted by Gasteiger charge is -2.21. The van der Waals surface area contributed by atoms with E-state index < -0.39 is 0 Å². The lowest BCUT2D eigenvalue weighted by atomic mass is 10.0. The summed E-state index contributed by atoms with van der Waals surface area (Å²) >= 11 is 0. The molecule has 0 aliphatic heterocycles. The van der Waals surface area contributed by atoms with Gasteiger partial charge in [0, 0.05) is 27.1 Å². The van der Waals surface area contributed by atoms with E-state index in [4.69, 9.17) is 0 Å². The van der Waals surface area contributed by atoms with Crippen molar-refractivity contribution >= 4 is 11.8 Å². The monoisotopic (exact) mass is 368 g/mol. The molecule has 1 fully saturated rings. The van der Waals surface area contributed by atoms with E-state index in [2.05, 4.69) is 10.4 Å². The van der Waals surface area contributed by atoms with Crippen molar-refractivity contribution in [2.45, 2.75) is 44.1 Å². The Kier molecular flexibility index (Phi) is 5.94. The van der Waals surface area contributed by atoms with Crippen molar-refractivity contribution in [3.63, 3.8) is 0 Å². The van der Waals surface area contributed by atoms with Gasteiger partial charge in [0.05, 0.1) is 18.2 Å². The first-order valence-corrected chi connectivity index (χ1v) is 9.55. The second kappa shape index (κ2) is 8.37. The van der Waals surface area contributed by atoms with Crippen molar-refractivity contribution in [1.29, 1.82) is 0 Å². The van der Waals surface area contributed by atoms with Crippen LogP contribution in [0.1, 0.15) is 65.8 Å². The van der Waals surface area contributed by atoms with Crippen LogP contribution in [-0.2, 0) is 11.8 Å². The summed E-state index contributed by atoms with van der Waals surface area (Å²) in [6, 6.07) is 11.1. The Morgan fingerprint density at radius 1 is 1.22 bits per heavy atom. The molecule has 1 unspecified atom stereocenters. The standard InChI is InChI=1S/C21H28N4O2/c1-24(2)20(26)14-17(15-9-5-4-6-10-15)22-21(27)19-13-18(23-25(19)3)16-11-7-8-12-16/h4-6,9-10,13,16-17H,7-8,11-12,14H2,1-3H3,(H,22,27). The molecule has 1 aromatic heterocycles. The zero-order valence-corrected chi connectivity index (χ0v) is 16.3. The summed E-state index contributed by atoms with van der Waals surface area (Å²) in [5.74, 6) is 0.230. The molecule has 2 amide bonds. The Labute approximate surface area is 160 Å². The first-order valence-electron chi connectivity index (χ1n) is 9.55. The average molecular weight is 368 g/mol. The van der Waals surface area contributed by atoms with Gasteiger partial charge in [0.15, 0.2) is 0 Å². The van der Waals surface area contributed by atoms with Gasteiger partial charge >= 0.3 is 0 Å². The lowest BCUT2D eigenvalue weighted by Crippen LogP contribution is -2.34. The highest BCUT2D eigenvalue weighted by Crippen LogP contribution is 2.33. The van der Waals surface area contributed by atoms with E-state index in [1.54, 1.807) is 30.7 Å². The summed E-state index contributed by atoms with van der Waals surface area (Å²) in [6.45, 7) is 0. The molecule has 0 bridgehead atoms. The van der Waals surface area contributed by atoms with Crippen molar-refractivity contribution in [2.24, 2.45) is 7.05 Å². The largest absolute Gasteiger partial charge is 0.349 e. The number of benzene rings is 1. The molecule has 6 nitrogen and oxygen atoms in total. The molecule has 0 spiro atoms. The van der Waals surface area contributed by atoms with E-state index in [-0.39, 0.29) is 24.3 Å². The molecule has 1 saturated carbocycles. The Morgan fingerprint density at radius 2 is 1.89 bits per heavy atom. The van der Waals surface area contributed by atoms with Crippen LogP contribution in [0.2, 0.25) is 0 Å². The molecular weight excluding hydrogens is 340 g/mol. The predicted molar refractivity (Wildman–Crippen MR) is 104 cm³/mol. The second-order valence-corrected chi connectivity index (χ2v) is 7.49. The maximum Gasteiger partial charge on any atom is 0.270 e. The number of carbonyl (C=O) groups is 2. The molecular formula is C21H28N4O2. The fourth-order valence-corrected chi connectivity index (χ4v) is 3.65. The number of aromatic nitrogens is 2. The number of aryl methyl sites for hydroxylation is 1. The van der Waals surface area contributed by atoms with Gasteiger partial charge in [-0.1, -0.05) is 43.2 Å². The molecule has 27 heavy (non-hydrogen) atoms. The first kappa shape index (κ1) is 19.1. The van der Waals surface area contributed by atoms with Crippen molar-refractivity contribution in [3.8, 4) is 0 Å². The van der Waals surface area contributed by atoms with Crippen molar-refractivity contribution in [3.05, 3.63) is 53.3 Å². The average Bonchev–Trinajstić information content (AvgIpc) is 3.31. The van der Waals surface area contributed by atoms with Gasteiger partial charge in [0.25, 0.3) is 5.91 Å². The number of amides is 2. The Hall–Kier alpha value is -2.63. The van der Waals surface area contributed by atoms with Gasteiger partial charge in [0.2, 0.25) is 5.91 Å². The SMILES string of the molecule is CN(C)C(=O)CC(NC(=O)c1cc(C2CCCC2)nn1C)c1ccccc1. The van der Waals surface area contributed by atoms with Crippen LogP contribution in [0, 0.1) is 0 Å². The van der Waals surface area contributed by atoms with E-state index in [1.165, 1.54) is 12.8 Å². The summed E-state index contributed by atoms with van der Waals surface area (Å²) in [7, 11) is 5.25. The third kappa shape index (κ3) is 4.56. The topological polar surface area (TPSA) is 67.2 Å². The van der Waals surface area contributed by atoms with Gasteiger partial charge in [-0.05, 0) is 24.5 Å². The van der Waals surface area contributed by atoms with Gasteiger partial charge in [-0.3, -0.25) is 14.3 Å². The fraction of sp³-hybridized carbons (Fsp3) is 0.476. The molecule has 0 saturated heterocycles. The number of hydrogen-bond donors (Lipinski definition) is 1. The van der Waals surface area contributed by atoms with Gasteiger partial charge in [-0.2, -0.15) is 5.10 Å². The van der Waals surface area contributed by atoms with Crippen LogP contribution in [0.5, 0.6) is 0 Å². The summed E-state index contributed by atoms with van der Waals surface area (Å²) in [4.78, 5) is 26.7. The van der Waals surface area contributed by atoms with Crippen molar-refractivity contribution < 1.29 is 9.59 Å². The molecule has 144 valence electrons. The zero-order chi connectivity index (χ0) is 19.4. The molecule has 1 aromatic carbocycles. The van der Waals surface area contributed by atoms with E-state index in [9.17, 15) is 9.59 Å². The summed E-state index contributed by atoms with van der Waals surface area (Å²) in [5, 5.41) is 7.60. The molecule has 1 N–H and O–H groups in total. The molecule has 2 aromatic rings. The Balaban J connectivity index is 1.78. The number of hydrogen-bond acceptors (Lipinski definition) is 3. The molecule has 1 heterocycles. The number of rotatable bonds is 6. The Bertz CT molecular complexity index is 792. The van der Waals surface area contributed by atoms with E-state index in [0.717, 1.165) is 24.1 Å². The quantitative estimate of drug-likeness (QED) is 0.852. The van der Waals surface area contributed by atoms with Crippen LogP contribution in [0.4, 0.5) is 0 Å². The van der Waals surface area contributed by atoms with Gasteiger partial charge in [-0.15, -0.1) is 0 Å². The highest BCUT2D eigenvalue weighted by Gasteiger charge is 2.25. The molecule has 3 rings (SSSR count). The molecule has 6 heteroatoms. The number of nitrogens with one attached hydrogen (secondary N) is 1. The minimum Gasteiger partial charge on any atom is -0.349 e. The van der Waals surface area contributed by atoms with E-state index in [0.29, 0.717) is 11.6 Å². The number of carbonyl (C=O) groups excluding carboxylic acids is 2. The first-order chi connectivity index (χ1) is 13.0. The third-order valence-electron chi connectivity index (χ3n) is 5.29. The smallest absolute Gasteiger partial charge is 0.270 e. The van der Waals surface area contributed by atoms with Crippen LogP contribution in [0.15, 0.2) is 36.4 Å². The third-order valence-corrected chi connectivity index (χ3v) is 5.29. The van der Waals surface area contributed by atoms with Gasteiger partial charge < -0.3 is 10.2 Å². The van der Waals surface area contributed by atoms with Crippen LogP contribution >= 0.6 is 0 Å². The Morgan fingerprint density at radius 3 is 2.52 bits per heavy atom. The summed E-state index contributed by atoms with van der Waals surface area (Å²) in [6.07, 6.45) is 4.96. The lowest BCUT2D eigenvalue weighted by molar-refractivity contribution is -0.129. The maximum atomic E-state index is 12.9. The maximum absolute atomic E-state index is 12.9. The van der Waals surface area contributed by atoms with Gasteiger partial charge in [0.1, 0.15) is 5.69 Å². The molecule has 1 atom stereocenters. The minimum atomic E-state index is -0.376. The molecule has 1 aliphatic carbocycles. The van der Waals surface area contributed by atoms with Crippen LogP contribution < -0.4 is 5.32 Å². The zero-order valence-electron chi connectivity index (χ0n) is 16.3. The normalized spacial score (nSPS) is 15.5. The van der Waals surface area contributed by atoms with Crippen molar-refractivity contribution in [2.75, 3.05) is 14.1 Å². The minimum absolute atomic E-state index is 0.0270. The van der Waals surface area contributed by atoms with E-state index in [1.807, 2.05) is 36.4 Å². The predicted octanol–water partition coefficient (Wildman–Crippen LogP) is 3.03. The second-order valence-electron chi connectivity index (χ2n) is 7.49.